The van der Waals surface area contributed by atoms with Gasteiger partial charge in [0.2, 0.25) is 5.91 Å². The van der Waals surface area contributed by atoms with E-state index in [1.807, 2.05) is 6.92 Å². The highest BCUT2D eigenvalue weighted by Gasteiger charge is 2.34. The molecule has 1 amide bonds. The van der Waals surface area contributed by atoms with Gasteiger partial charge in [0.05, 0.1) is 11.9 Å². The van der Waals surface area contributed by atoms with Gasteiger partial charge in [0.25, 0.3) is 0 Å². The first kappa shape index (κ1) is 13.1. The van der Waals surface area contributed by atoms with Crippen molar-refractivity contribution in [1.29, 1.82) is 0 Å². The van der Waals surface area contributed by atoms with Crippen LogP contribution in [0.1, 0.15) is 30.5 Å². The predicted molar refractivity (Wildman–Crippen MR) is 66.6 cm³/mol. The molecule has 0 aliphatic carbocycles. The van der Waals surface area contributed by atoms with Gasteiger partial charge in [-0.3, -0.25) is 9.89 Å². The van der Waals surface area contributed by atoms with Crippen molar-refractivity contribution in [3.05, 3.63) is 17.5 Å². The molecule has 1 fully saturated rings. The van der Waals surface area contributed by atoms with Crippen LogP contribution in [0, 0.1) is 6.92 Å². The van der Waals surface area contributed by atoms with Gasteiger partial charge in [-0.15, -0.1) is 0 Å². The summed E-state index contributed by atoms with van der Waals surface area (Å²) in [5.41, 5.74) is 1.75. The van der Waals surface area contributed by atoms with Crippen LogP contribution in [0.3, 0.4) is 0 Å². The van der Waals surface area contributed by atoms with Crippen LogP contribution in [-0.4, -0.2) is 35.5 Å². The zero-order valence-electron chi connectivity index (χ0n) is 10.3. The molecule has 1 aromatic rings. The number of aryl methyl sites for hydroxylation is 1. The number of nitrogens with one attached hydrogen (secondary N) is 2. The van der Waals surface area contributed by atoms with E-state index in [0.29, 0.717) is 19.4 Å². The van der Waals surface area contributed by atoms with Crippen molar-refractivity contribution in [2.24, 2.45) is 0 Å². The number of rotatable bonds is 3. The summed E-state index contributed by atoms with van der Waals surface area (Å²) in [5, 5.41) is 8.41. The summed E-state index contributed by atoms with van der Waals surface area (Å²) in [6, 6.07) is 0. The Morgan fingerprint density at radius 2 is 2.33 bits per heavy atom. The number of hydrogen-bond acceptors (Lipinski definition) is 4. The Morgan fingerprint density at radius 3 is 2.94 bits per heavy atom. The minimum atomic E-state index is -3.26. The molecule has 6 nitrogen and oxygen atoms in total. The third kappa shape index (κ3) is 2.72. The van der Waals surface area contributed by atoms with Crippen LogP contribution < -0.4 is 5.32 Å². The molecule has 0 radical (unpaired) electrons. The van der Waals surface area contributed by atoms with E-state index in [4.69, 9.17) is 0 Å². The largest absolute Gasteiger partial charge is 0.351 e. The molecule has 1 aliphatic rings. The molecule has 1 aliphatic heterocycles. The fourth-order valence-corrected chi connectivity index (χ4v) is 3.93. The fourth-order valence-electron chi connectivity index (χ4n) is 2.10. The van der Waals surface area contributed by atoms with E-state index in [-0.39, 0.29) is 5.75 Å². The minimum Gasteiger partial charge on any atom is -0.351 e. The Balaban J connectivity index is 1.98. The molecular weight excluding hydrogens is 254 g/mol. The van der Waals surface area contributed by atoms with Gasteiger partial charge < -0.3 is 5.32 Å². The number of amides is 1. The number of hydrogen-bond donors (Lipinski definition) is 2. The van der Waals surface area contributed by atoms with Crippen molar-refractivity contribution < 1.29 is 13.2 Å². The van der Waals surface area contributed by atoms with E-state index in [2.05, 4.69) is 15.5 Å². The first-order chi connectivity index (χ1) is 8.50. The Hall–Kier alpha value is -1.37. The van der Waals surface area contributed by atoms with Crippen LogP contribution in [-0.2, 0) is 21.2 Å². The number of aromatic nitrogens is 2. The van der Waals surface area contributed by atoms with Gasteiger partial charge >= 0.3 is 0 Å². The van der Waals surface area contributed by atoms with E-state index in [1.165, 1.54) is 0 Å². The second-order valence-corrected chi connectivity index (χ2v) is 6.89. The molecule has 7 heteroatoms. The standard InChI is InChI=1S/C11H17N3O3S/c1-8-9(7-13-14-8)6-12-11(15)10-4-2-3-5-18(10,16)17/h7,10H,2-6H2,1H3,(H,12,15)(H,13,14). The highest BCUT2D eigenvalue weighted by atomic mass is 32.2. The number of carbonyl (C=O) groups excluding carboxylic acids is 1. The van der Waals surface area contributed by atoms with Crippen LogP contribution in [0.2, 0.25) is 0 Å². The van der Waals surface area contributed by atoms with E-state index in [0.717, 1.165) is 17.7 Å². The minimum absolute atomic E-state index is 0.121. The lowest BCUT2D eigenvalue weighted by atomic mass is 10.2. The zero-order chi connectivity index (χ0) is 13.2. The maximum Gasteiger partial charge on any atom is 0.238 e. The second kappa shape index (κ2) is 5.09. The Kier molecular flexibility index (Phi) is 3.70. The van der Waals surface area contributed by atoms with Crippen LogP contribution >= 0.6 is 0 Å². The highest BCUT2D eigenvalue weighted by Crippen LogP contribution is 2.19. The average Bonchev–Trinajstić information content (AvgIpc) is 2.71. The summed E-state index contributed by atoms with van der Waals surface area (Å²) in [6.45, 7) is 2.17. The normalized spacial score (nSPS) is 22.6. The lowest BCUT2D eigenvalue weighted by Crippen LogP contribution is -2.42. The van der Waals surface area contributed by atoms with Crippen LogP contribution in [0.4, 0.5) is 0 Å². The summed E-state index contributed by atoms with van der Waals surface area (Å²) in [4.78, 5) is 11.9. The average molecular weight is 271 g/mol. The molecular formula is C11H17N3O3S. The first-order valence-electron chi connectivity index (χ1n) is 5.99. The third-order valence-electron chi connectivity index (χ3n) is 3.26. The van der Waals surface area contributed by atoms with Gasteiger partial charge in [-0.25, -0.2) is 8.42 Å². The Labute approximate surface area is 106 Å². The molecule has 1 unspecified atom stereocenters. The van der Waals surface area contributed by atoms with E-state index < -0.39 is 21.0 Å². The first-order valence-corrected chi connectivity index (χ1v) is 7.70. The van der Waals surface area contributed by atoms with Crippen molar-refractivity contribution in [1.82, 2.24) is 15.5 Å². The molecule has 100 valence electrons. The zero-order valence-corrected chi connectivity index (χ0v) is 11.1. The molecule has 0 aromatic carbocycles. The highest BCUT2D eigenvalue weighted by molar-refractivity contribution is 7.92. The molecule has 2 heterocycles. The Morgan fingerprint density at radius 1 is 1.56 bits per heavy atom. The van der Waals surface area contributed by atoms with Crippen molar-refractivity contribution in [3.63, 3.8) is 0 Å². The molecule has 1 atom stereocenters. The second-order valence-electron chi connectivity index (χ2n) is 4.59. The van der Waals surface area contributed by atoms with E-state index in [1.54, 1.807) is 6.20 Å². The van der Waals surface area contributed by atoms with Crippen molar-refractivity contribution in [2.45, 2.75) is 38.0 Å². The molecule has 0 bridgehead atoms. The van der Waals surface area contributed by atoms with Crippen LogP contribution in [0.15, 0.2) is 6.20 Å². The molecule has 2 N–H and O–H groups in total. The quantitative estimate of drug-likeness (QED) is 0.827. The lowest BCUT2D eigenvalue weighted by molar-refractivity contribution is -0.121. The summed E-state index contributed by atoms with van der Waals surface area (Å²) >= 11 is 0. The predicted octanol–water partition coefficient (Wildman–Crippen LogP) is 0.302. The number of carbonyl (C=O) groups is 1. The topological polar surface area (TPSA) is 91.9 Å². The van der Waals surface area contributed by atoms with Gasteiger partial charge in [0.15, 0.2) is 9.84 Å². The Bertz CT molecular complexity index is 535. The van der Waals surface area contributed by atoms with Gasteiger partial charge in [-0.1, -0.05) is 6.42 Å². The molecule has 18 heavy (non-hydrogen) atoms. The molecule has 1 aromatic heterocycles. The molecule has 1 saturated heterocycles. The fraction of sp³-hybridized carbons (Fsp3) is 0.636. The monoisotopic (exact) mass is 271 g/mol. The maximum absolute atomic E-state index is 11.9. The van der Waals surface area contributed by atoms with Gasteiger partial charge in [-0.2, -0.15) is 5.10 Å². The van der Waals surface area contributed by atoms with E-state index >= 15 is 0 Å². The molecule has 0 saturated carbocycles. The van der Waals surface area contributed by atoms with Crippen molar-refractivity contribution >= 4 is 15.7 Å². The maximum atomic E-state index is 11.9. The van der Waals surface area contributed by atoms with E-state index in [9.17, 15) is 13.2 Å². The smallest absolute Gasteiger partial charge is 0.238 e. The number of H-pyrrole nitrogens is 1. The van der Waals surface area contributed by atoms with Crippen LogP contribution in [0.25, 0.3) is 0 Å². The SMILES string of the molecule is Cc1[nH]ncc1CNC(=O)C1CCCCS1(=O)=O. The molecule has 0 spiro atoms. The van der Waals surface area contributed by atoms with Gasteiger partial charge in [0, 0.05) is 17.8 Å². The van der Waals surface area contributed by atoms with Gasteiger partial charge in [-0.05, 0) is 19.8 Å². The summed E-state index contributed by atoms with van der Waals surface area (Å²) in [6.07, 6.45) is 3.51. The molecule has 2 rings (SSSR count). The van der Waals surface area contributed by atoms with Crippen molar-refractivity contribution in [2.75, 3.05) is 5.75 Å². The number of sulfone groups is 1. The van der Waals surface area contributed by atoms with Gasteiger partial charge in [0.1, 0.15) is 5.25 Å². The number of aromatic amines is 1. The summed E-state index contributed by atoms with van der Waals surface area (Å²) in [7, 11) is -3.26. The summed E-state index contributed by atoms with van der Waals surface area (Å²) in [5.74, 6) is -0.272. The third-order valence-corrected chi connectivity index (χ3v) is 5.43. The summed E-state index contributed by atoms with van der Waals surface area (Å²) < 4.78 is 23.5. The number of nitrogens with zero attached hydrogens (tertiary/aromatic N) is 1. The van der Waals surface area contributed by atoms with Crippen molar-refractivity contribution in [3.8, 4) is 0 Å². The van der Waals surface area contributed by atoms with Crippen LogP contribution in [0.5, 0.6) is 0 Å². The lowest BCUT2D eigenvalue weighted by Gasteiger charge is -2.21.